The Hall–Kier alpha value is -3.09. The van der Waals surface area contributed by atoms with Crippen LogP contribution in [-0.4, -0.2) is 34.6 Å². The second-order valence-electron chi connectivity index (χ2n) is 6.27. The molecule has 26 heavy (non-hydrogen) atoms. The van der Waals surface area contributed by atoms with E-state index in [0.717, 1.165) is 12.8 Å². The van der Waals surface area contributed by atoms with Crippen LogP contribution in [-0.2, 0) is 0 Å². The summed E-state index contributed by atoms with van der Waals surface area (Å²) in [6.07, 6.45) is 1.69. The summed E-state index contributed by atoms with van der Waals surface area (Å²) < 4.78 is 18.7. The van der Waals surface area contributed by atoms with Crippen LogP contribution in [0.25, 0.3) is 11.0 Å². The molecular weight excluding hydrogens is 335 g/mol. The first-order chi connectivity index (χ1) is 12.7. The van der Waals surface area contributed by atoms with Crippen molar-refractivity contribution < 1.29 is 13.9 Å². The molecule has 1 aromatic heterocycles. The lowest BCUT2D eigenvalue weighted by molar-refractivity contribution is 0.205. The highest BCUT2D eigenvalue weighted by atomic mass is 19.1. The molecule has 2 heterocycles. The van der Waals surface area contributed by atoms with E-state index in [9.17, 15) is 9.18 Å². The highest BCUT2D eigenvalue weighted by Gasteiger charge is 2.32. The molecule has 2 aromatic carbocycles. The van der Waals surface area contributed by atoms with E-state index in [2.05, 4.69) is 15.3 Å². The first-order valence-corrected chi connectivity index (χ1v) is 8.51. The average molecular weight is 354 g/mol. The lowest BCUT2D eigenvalue weighted by Gasteiger charge is -2.24. The maximum atomic E-state index is 13.4. The Bertz CT molecular complexity index is 956. The van der Waals surface area contributed by atoms with Gasteiger partial charge in [0.05, 0.1) is 29.9 Å². The van der Waals surface area contributed by atoms with Crippen molar-refractivity contribution in [3.8, 4) is 5.75 Å². The molecule has 1 aliphatic heterocycles. The molecule has 1 fully saturated rings. The Kier molecular flexibility index (Phi) is 4.20. The van der Waals surface area contributed by atoms with Crippen molar-refractivity contribution in [2.24, 2.45) is 0 Å². The van der Waals surface area contributed by atoms with E-state index in [-0.39, 0.29) is 17.9 Å². The number of aromatic amines is 1. The van der Waals surface area contributed by atoms with Crippen molar-refractivity contribution >= 4 is 22.8 Å². The van der Waals surface area contributed by atoms with Crippen LogP contribution in [0.4, 0.5) is 14.9 Å². The van der Waals surface area contributed by atoms with Crippen LogP contribution in [0.2, 0.25) is 0 Å². The number of rotatable bonds is 3. The minimum Gasteiger partial charge on any atom is -0.495 e. The zero-order valence-electron chi connectivity index (χ0n) is 14.3. The van der Waals surface area contributed by atoms with Gasteiger partial charge in [-0.15, -0.1) is 0 Å². The van der Waals surface area contributed by atoms with Crippen LogP contribution in [0.3, 0.4) is 0 Å². The summed E-state index contributed by atoms with van der Waals surface area (Å²) in [5.74, 6) is 0.971. The van der Waals surface area contributed by atoms with Gasteiger partial charge in [-0.2, -0.15) is 0 Å². The van der Waals surface area contributed by atoms with Gasteiger partial charge in [-0.25, -0.2) is 14.2 Å². The Labute approximate surface area is 150 Å². The first kappa shape index (κ1) is 16.4. The molecular formula is C19H19FN4O2. The number of ether oxygens (including phenoxy) is 1. The summed E-state index contributed by atoms with van der Waals surface area (Å²) in [6, 6.07) is 11.3. The molecule has 134 valence electrons. The second-order valence-corrected chi connectivity index (χ2v) is 6.27. The van der Waals surface area contributed by atoms with Gasteiger partial charge in [-0.05, 0) is 43.2 Å². The Morgan fingerprint density at radius 3 is 3.04 bits per heavy atom. The molecule has 1 atom stereocenters. The number of hydrogen-bond donors (Lipinski definition) is 2. The van der Waals surface area contributed by atoms with Gasteiger partial charge in [0.25, 0.3) is 0 Å². The number of halogens is 1. The Morgan fingerprint density at radius 2 is 2.19 bits per heavy atom. The lowest BCUT2D eigenvalue weighted by Crippen LogP contribution is -2.35. The van der Waals surface area contributed by atoms with Gasteiger partial charge in [0.2, 0.25) is 0 Å². The minimum absolute atomic E-state index is 0.167. The van der Waals surface area contributed by atoms with Gasteiger partial charge in [0, 0.05) is 6.54 Å². The van der Waals surface area contributed by atoms with E-state index in [1.807, 2.05) is 12.1 Å². The molecule has 1 saturated heterocycles. The van der Waals surface area contributed by atoms with Crippen LogP contribution in [0, 0.1) is 5.82 Å². The number of H-pyrrole nitrogens is 1. The van der Waals surface area contributed by atoms with Crippen molar-refractivity contribution in [3.63, 3.8) is 0 Å². The number of benzene rings is 2. The molecule has 0 radical (unpaired) electrons. The number of hydrogen-bond acceptors (Lipinski definition) is 3. The molecule has 4 rings (SSSR count). The summed E-state index contributed by atoms with van der Waals surface area (Å²) >= 11 is 0. The highest BCUT2D eigenvalue weighted by Crippen LogP contribution is 2.33. The predicted octanol–water partition coefficient (Wildman–Crippen LogP) is 4.08. The third-order valence-electron chi connectivity index (χ3n) is 4.64. The maximum Gasteiger partial charge on any atom is 0.322 e. The van der Waals surface area contributed by atoms with E-state index in [1.54, 1.807) is 30.2 Å². The lowest BCUT2D eigenvalue weighted by atomic mass is 10.2. The largest absolute Gasteiger partial charge is 0.495 e. The molecule has 0 aliphatic carbocycles. The SMILES string of the molecule is COc1ccccc1NC(=O)N1CCCC1c1nc2ccc(F)cc2[nH]1. The number of nitrogens with zero attached hydrogens (tertiary/aromatic N) is 2. The number of aromatic nitrogens is 2. The van der Waals surface area contributed by atoms with Gasteiger partial charge in [0.1, 0.15) is 17.4 Å². The zero-order chi connectivity index (χ0) is 18.1. The Balaban J connectivity index is 1.58. The van der Waals surface area contributed by atoms with Crippen molar-refractivity contribution in [1.82, 2.24) is 14.9 Å². The van der Waals surface area contributed by atoms with E-state index in [1.165, 1.54) is 12.1 Å². The van der Waals surface area contributed by atoms with Crippen molar-refractivity contribution in [3.05, 3.63) is 54.1 Å². The number of urea groups is 1. The van der Waals surface area contributed by atoms with Crippen molar-refractivity contribution in [1.29, 1.82) is 0 Å². The third kappa shape index (κ3) is 2.96. The molecule has 1 aliphatic rings. The highest BCUT2D eigenvalue weighted by molar-refractivity contribution is 5.91. The fourth-order valence-corrected chi connectivity index (χ4v) is 3.39. The van der Waals surface area contributed by atoms with Gasteiger partial charge in [0.15, 0.2) is 0 Å². The molecule has 1 unspecified atom stereocenters. The Morgan fingerprint density at radius 1 is 1.35 bits per heavy atom. The number of anilines is 1. The van der Waals surface area contributed by atoms with Crippen LogP contribution in [0.5, 0.6) is 5.75 Å². The number of amides is 2. The fraction of sp³-hybridized carbons (Fsp3) is 0.263. The van der Waals surface area contributed by atoms with Crippen LogP contribution in [0.1, 0.15) is 24.7 Å². The van der Waals surface area contributed by atoms with E-state index >= 15 is 0 Å². The molecule has 2 amide bonds. The standard InChI is InChI=1S/C19H19FN4O2/c1-26-17-7-3-2-5-14(17)23-19(25)24-10-4-6-16(24)18-21-13-9-8-12(20)11-15(13)22-18/h2-3,5,7-9,11,16H,4,6,10H2,1H3,(H,21,22)(H,23,25). The topological polar surface area (TPSA) is 70.2 Å². The van der Waals surface area contributed by atoms with E-state index in [4.69, 9.17) is 4.74 Å². The van der Waals surface area contributed by atoms with Crippen molar-refractivity contribution in [2.75, 3.05) is 19.0 Å². The van der Waals surface area contributed by atoms with Gasteiger partial charge < -0.3 is 19.9 Å². The molecule has 0 spiro atoms. The summed E-state index contributed by atoms with van der Waals surface area (Å²) in [5.41, 5.74) is 1.95. The normalized spacial score (nSPS) is 16.8. The maximum absolute atomic E-state index is 13.4. The molecule has 2 N–H and O–H groups in total. The summed E-state index contributed by atoms with van der Waals surface area (Å²) in [6.45, 7) is 0.636. The predicted molar refractivity (Wildman–Crippen MR) is 96.7 cm³/mol. The number of fused-ring (bicyclic) bond motifs is 1. The number of methoxy groups -OCH3 is 1. The van der Waals surface area contributed by atoms with Crippen LogP contribution >= 0.6 is 0 Å². The fourth-order valence-electron chi connectivity index (χ4n) is 3.39. The zero-order valence-corrected chi connectivity index (χ0v) is 14.3. The smallest absolute Gasteiger partial charge is 0.322 e. The number of imidazole rings is 1. The van der Waals surface area contributed by atoms with Gasteiger partial charge in [-0.3, -0.25) is 0 Å². The second kappa shape index (κ2) is 6.67. The summed E-state index contributed by atoms with van der Waals surface area (Å²) in [4.78, 5) is 22.2. The molecule has 0 saturated carbocycles. The first-order valence-electron chi connectivity index (χ1n) is 8.51. The van der Waals surface area contributed by atoms with Crippen molar-refractivity contribution in [2.45, 2.75) is 18.9 Å². The summed E-state index contributed by atoms with van der Waals surface area (Å²) in [5, 5.41) is 2.91. The molecule has 3 aromatic rings. The number of carbonyl (C=O) groups excluding carboxylic acids is 1. The van der Waals surface area contributed by atoms with Crippen LogP contribution in [0.15, 0.2) is 42.5 Å². The molecule has 6 nitrogen and oxygen atoms in total. The van der Waals surface area contributed by atoms with Gasteiger partial charge in [-0.1, -0.05) is 12.1 Å². The summed E-state index contributed by atoms with van der Waals surface area (Å²) in [7, 11) is 1.57. The number of carbonyl (C=O) groups is 1. The monoisotopic (exact) mass is 354 g/mol. The quantitative estimate of drug-likeness (QED) is 0.744. The number of para-hydroxylation sites is 2. The van der Waals surface area contributed by atoms with Crippen LogP contribution < -0.4 is 10.1 Å². The average Bonchev–Trinajstić information content (AvgIpc) is 3.28. The number of likely N-dealkylation sites (tertiary alicyclic amines) is 1. The third-order valence-corrected chi connectivity index (χ3v) is 4.64. The van der Waals surface area contributed by atoms with Gasteiger partial charge >= 0.3 is 6.03 Å². The number of nitrogens with one attached hydrogen (secondary N) is 2. The molecule has 0 bridgehead atoms. The minimum atomic E-state index is -0.315. The molecule has 7 heteroatoms. The van der Waals surface area contributed by atoms with E-state index in [0.29, 0.717) is 34.8 Å². The van der Waals surface area contributed by atoms with E-state index < -0.39 is 0 Å².